The predicted molar refractivity (Wildman–Crippen MR) is 70.1 cm³/mol. The molecule has 0 radical (unpaired) electrons. The number of nitrogens with one attached hydrogen (secondary N) is 2. The Morgan fingerprint density at radius 3 is 2.89 bits per heavy atom. The Morgan fingerprint density at radius 2 is 2.26 bits per heavy atom. The van der Waals surface area contributed by atoms with Crippen LogP contribution >= 0.6 is 0 Å². The van der Waals surface area contributed by atoms with Crippen molar-refractivity contribution in [2.75, 3.05) is 6.54 Å². The lowest BCUT2D eigenvalue weighted by molar-refractivity contribution is 0.0851. The van der Waals surface area contributed by atoms with Gasteiger partial charge in [-0.1, -0.05) is 0 Å². The third-order valence-electron chi connectivity index (χ3n) is 4.24. The topological polar surface area (TPSA) is 71.3 Å². The largest absolute Gasteiger partial charge is 0.430 e. The van der Waals surface area contributed by atoms with E-state index in [2.05, 4.69) is 10.6 Å². The van der Waals surface area contributed by atoms with E-state index in [-0.39, 0.29) is 17.5 Å². The Hall–Kier alpha value is -1.62. The molecule has 3 rings (SSSR count). The fourth-order valence-electron chi connectivity index (χ4n) is 3.02. The van der Waals surface area contributed by atoms with Crippen LogP contribution in [0.15, 0.2) is 27.6 Å². The molecular weight excluding hydrogens is 244 g/mol. The lowest BCUT2D eigenvalue weighted by atomic mass is 9.70. The molecule has 2 heterocycles. The molecule has 1 unspecified atom stereocenters. The van der Waals surface area contributed by atoms with Gasteiger partial charge in [-0.3, -0.25) is 4.79 Å². The first kappa shape index (κ1) is 12.4. The second-order valence-electron chi connectivity index (χ2n) is 5.57. The molecule has 1 atom stereocenters. The van der Waals surface area contributed by atoms with Gasteiger partial charge in [-0.2, -0.15) is 0 Å². The minimum absolute atomic E-state index is 0.162. The van der Waals surface area contributed by atoms with Crippen LogP contribution in [0, 0.1) is 0 Å². The van der Waals surface area contributed by atoms with Crippen molar-refractivity contribution in [3.63, 3.8) is 0 Å². The highest BCUT2D eigenvalue weighted by Gasteiger charge is 2.41. The van der Waals surface area contributed by atoms with Gasteiger partial charge in [0.1, 0.15) is 6.26 Å². The number of amides is 1. The molecule has 1 aromatic rings. The van der Waals surface area contributed by atoms with Crippen LogP contribution in [0.25, 0.3) is 0 Å². The molecule has 2 fully saturated rings. The minimum Gasteiger partial charge on any atom is -0.430 e. The highest BCUT2D eigenvalue weighted by molar-refractivity contribution is 5.93. The van der Waals surface area contributed by atoms with E-state index in [1.807, 2.05) is 0 Å². The molecule has 19 heavy (non-hydrogen) atoms. The molecular formula is C14H18N2O3. The average Bonchev–Trinajstić information content (AvgIpc) is 2.38. The molecule has 2 N–H and O–H groups in total. The maximum Gasteiger partial charge on any atom is 0.335 e. The van der Waals surface area contributed by atoms with Gasteiger partial charge >= 0.3 is 5.63 Å². The molecule has 2 aliphatic rings. The number of piperidine rings is 1. The minimum atomic E-state index is -0.438. The maximum atomic E-state index is 12.0. The second kappa shape index (κ2) is 4.81. The monoisotopic (exact) mass is 262 g/mol. The van der Waals surface area contributed by atoms with Gasteiger partial charge in [-0.15, -0.1) is 0 Å². The molecule has 5 heteroatoms. The van der Waals surface area contributed by atoms with E-state index in [1.54, 1.807) is 0 Å². The first-order valence-corrected chi connectivity index (χ1v) is 6.82. The molecule has 1 spiro atoms. The van der Waals surface area contributed by atoms with Gasteiger partial charge < -0.3 is 15.1 Å². The van der Waals surface area contributed by atoms with Crippen molar-refractivity contribution in [3.05, 3.63) is 34.4 Å². The van der Waals surface area contributed by atoms with Crippen molar-refractivity contribution in [2.24, 2.45) is 0 Å². The van der Waals surface area contributed by atoms with Crippen LogP contribution in [0.1, 0.15) is 42.5 Å². The quantitative estimate of drug-likeness (QED) is 0.835. The van der Waals surface area contributed by atoms with Gasteiger partial charge in [-0.05, 0) is 44.7 Å². The van der Waals surface area contributed by atoms with Crippen LogP contribution in [0.4, 0.5) is 0 Å². The summed E-state index contributed by atoms with van der Waals surface area (Å²) in [5, 5.41) is 6.61. The van der Waals surface area contributed by atoms with E-state index >= 15 is 0 Å². The van der Waals surface area contributed by atoms with Crippen molar-refractivity contribution in [2.45, 2.75) is 43.7 Å². The molecule has 1 aliphatic heterocycles. The third-order valence-corrected chi connectivity index (χ3v) is 4.24. The van der Waals surface area contributed by atoms with Gasteiger partial charge in [0.2, 0.25) is 0 Å². The summed E-state index contributed by atoms with van der Waals surface area (Å²) in [7, 11) is 0. The Morgan fingerprint density at radius 1 is 1.42 bits per heavy atom. The molecule has 1 aliphatic carbocycles. The summed E-state index contributed by atoms with van der Waals surface area (Å²) in [6.45, 7) is 0.953. The van der Waals surface area contributed by atoms with E-state index < -0.39 is 5.63 Å². The molecule has 1 aromatic heterocycles. The fourth-order valence-corrected chi connectivity index (χ4v) is 3.02. The van der Waals surface area contributed by atoms with Gasteiger partial charge in [0, 0.05) is 17.6 Å². The number of rotatable bonds is 2. The van der Waals surface area contributed by atoms with Gasteiger partial charge in [0.05, 0.1) is 5.56 Å². The summed E-state index contributed by atoms with van der Waals surface area (Å²) in [4.78, 5) is 22.9. The van der Waals surface area contributed by atoms with Crippen LogP contribution in [0.5, 0.6) is 0 Å². The maximum absolute atomic E-state index is 12.0. The normalized spacial score (nSPS) is 24.7. The Balaban J connectivity index is 1.62. The van der Waals surface area contributed by atoms with Crippen LogP contribution in [-0.2, 0) is 0 Å². The van der Waals surface area contributed by atoms with Crippen LogP contribution in [0.3, 0.4) is 0 Å². The number of carbonyl (C=O) groups excluding carboxylic acids is 1. The Kier molecular flexibility index (Phi) is 3.14. The zero-order valence-electron chi connectivity index (χ0n) is 10.8. The van der Waals surface area contributed by atoms with Crippen molar-refractivity contribution in [1.29, 1.82) is 0 Å². The lowest BCUT2D eigenvalue weighted by Gasteiger charge is -2.48. The summed E-state index contributed by atoms with van der Waals surface area (Å²) in [6.07, 6.45) is 6.86. The SMILES string of the molecule is O=C(NC1CCNC2(CCC2)C1)c1ccc(=O)oc1. The molecule has 0 aromatic carbocycles. The standard InChI is InChI=1S/C14H18N2O3/c17-12-3-2-10(9-19-12)13(18)16-11-4-7-15-14(8-11)5-1-6-14/h2-3,9,11,15H,1,4-8H2,(H,16,18). The number of hydrogen-bond donors (Lipinski definition) is 2. The zero-order chi connectivity index (χ0) is 13.3. The first-order chi connectivity index (χ1) is 9.17. The van der Waals surface area contributed by atoms with Crippen molar-refractivity contribution >= 4 is 5.91 Å². The Labute approximate surface area is 111 Å². The van der Waals surface area contributed by atoms with Crippen molar-refractivity contribution in [3.8, 4) is 0 Å². The van der Waals surface area contributed by atoms with E-state index in [0.29, 0.717) is 5.56 Å². The van der Waals surface area contributed by atoms with E-state index in [0.717, 1.165) is 19.4 Å². The number of carbonyl (C=O) groups is 1. The zero-order valence-corrected chi connectivity index (χ0v) is 10.8. The predicted octanol–water partition coefficient (Wildman–Crippen LogP) is 1.04. The van der Waals surface area contributed by atoms with E-state index in [4.69, 9.17) is 4.42 Å². The van der Waals surface area contributed by atoms with Gasteiger partial charge in [-0.25, -0.2) is 4.79 Å². The molecule has 1 saturated carbocycles. The summed E-state index contributed by atoms with van der Waals surface area (Å²) < 4.78 is 4.71. The first-order valence-electron chi connectivity index (χ1n) is 6.82. The molecule has 0 bridgehead atoms. The van der Waals surface area contributed by atoms with E-state index in [1.165, 1.54) is 37.7 Å². The summed E-state index contributed by atoms with van der Waals surface area (Å²) in [6, 6.07) is 2.98. The molecule has 5 nitrogen and oxygen atoms in total. The van der Waals surface area contributed by atoms with Crippen LogP contribution < -0.4 is 16.3 Å². The molecule has 1 amide bonds. The van der Waals surface area contributed by atoms with Crippen LogP contribution in [-0.4, -0.2) is 24.0 Å². The number of hydrogen-bond acceptors (Lipinski definition) is 4. The second-order valence-corrected chi connectivity index (χ2v) is 5.57. The van der Waals surface area contributed by atoms with Crippen molar-refractivity contribution < 1.29 is 9.21 Å². The summed E-state index contributed by atoms with van der Waals surface area (Å²) in [5.41, 5.74) is 0.229. The van der Waals surface area contributed by atoms with Crippen LogP contribution in [0.2, 0.25) is 0 Å². The summed E-state index contributed by atoms with van der Waals surface area (Å²) >= 11 is 0. The van der Waals surface area contributed by atoms with E-state index in [9.17, 15) is 9.59 Å². The average molecular weight is 262 g/mol. The third kappa shape index (κ3) is 2.56. The lowest BCUT2D eigenvalue weighted by Crippen LogP contribution is -2.59. The molecule has 102 valence electrons. The fraction of sp³-hybridized carbons (Fsp3) is 0.571. The highest BCUT2D eigenvalue weighted by Crippen LogP contribution is 2.38. The van der Waals surface area contributed by atoms with Gasteiger partial charge in [0.15, 0.2) is 0 Å². The van der Waals surface area contributed by atoms with Crippen molar-refractivity contribution in [1.82, 2.24) is 10.6 Å². The Bertz CT molecular complexity index is 513. The smallest absolute Gasteiger partial charge is 0.335 e. The highest BCUT2D eigenvalue weighted by atomic mass is 16.4. The van der Waals surface area contributed by atoms with Gasteiger partial charge in [0.25, 0.3) is 5.91 Å². The molecule has 1 saturated heterocycles. The summed E-state index contributed by atoms with van der Waals surface area (Å²) in [5.74, 6) is -0.162.